The summed E-state index contributed by atoms with van der Waals surface area (Å²) < 4.78 is 10.9. The van der Waals surface area contributed by atoms with Gasteiger partial charge in [0.25, 0.3) is 0 Å². The number of allylic oxidation sites excluding steroid dienone is 2. The van der Waals surface area contributed by atoms with Crippen molar-refractivity contribution >= 4 is 5.91 Å². The van der Waals surface area contributed by atoms with Crippen LogP contribution in [0.15, 0.2) is 24.3 Å². The molecule has 1 saturated heterocycles. The third-order valence-electron chi connectivity index (χ3n) is 5.41. The molecule has 0 spiro atoms. The minimum atomic E-state index is 0.161. The lowest BCUT2D eigenvalue weighted by atomic mass is 9.78. The van der Waals surface area contributed by atoms with Crippen LogP contribution in [0.1, 0.15) is 30.0 Å². The predicted octanol–water partition coefficient (Wildman–Crippen LogP) is 2.73. The van der Waals surface area contributed by atoms with E-state index < -0.39 is 0 Å². The molecule has 0 N–H and O–H groups in total. The maximum Gasteiger partial charge on any atom is 0.226 e. The highest BCUT2D eigenvalue weighted by Crippen LogP contribution is 2.51. The van der Waals surface area contributed by atoms with Gasteiger partial charge in [0.1, 0.15) is 0 Å². The second-order valence-corrected chi connectivity index (χ2v) is 6.35. The summed E-state index contributed by atoms with van der Waals surface area (Å²) in [6.45, 7) is 0.818. The SMILES string of the molecule is COc1cc2c(cc1OC)[C@H]1[C@H]3CC=CC[C@@H]3C(=O)N1CC2. The zero-order valence-corrected chi connectivity index (χ0v) is 13.0. The summed E-state index contributed by atoms with van der Waals surface area (Å²) in [6, 6.07) is 4.37. The van der Waals surface area contributed by atoms with Crippen molar-refractivity contribution in [2.75, 3.05) is 20.8 Å². The largest absolute Gasteiger partial charge is 0.493 e. The molecule has 0 unspecified atom stereocenters. The van der Waals surface area contributed by atoms with Crippen LogP contribution in [0.5, 0.6) is 11.5 Å². The first kappa shape index (κ1) is 13.7. The number of nitrogens with zero attached hydrogens (tertiary/aromatic N) is 1. The highest BCUT2D eigenvalue weighted by molar-refractivity contribution is 5.83. The summed E-state index contributed by atoms with van der Waals surface area (Å²) >= 11 is 0. The Balaban J connectivity index is 1.82. The molecular weight excluding hydrogens is 278 g/mol. The van der Waals surface area contributed by atoms with Crippen LogP contribution in [0.2, 0.25) is 0 Å². The zero-order valence-electron chi connectivity index (χ0n) is 13.0. The molecule has 1 aliphatic carbocycles. The van der Waals surface area contributed by atoms with Gasteiger partial charge in [-0.05, 0) is 48.4 Å². The molecule has 0 saturated carbocycles. The fourth-order valence-corrected chi connectivity index (χ4v) is 4.37. The summed E-state index contributed by atoms with van der Waals surface area (Å²) in [5, 5.41) is 0. The summed E-state index contributed by atoms with van der Waals surface area (Å²) in [5.74, 6) is 2.42. The molecule has 0 radical (unpaired) electrons. The van der Waals surface area contributed by atoms with Gasteiger partial charge in [-0.1, -0.05) is 12.2 Å². The van der Waals surface area contributed by atoms with Crippen LogP contribution in [0.4, 0.5) is 0 Å². The molecule has 1 amide bonds. The number of carbonyl (C=O) groups is 1. The van der Waals surface area contributed by atoms with Crippen LogP contribution < -0.4 is 9.47 Å². The van der Waals surface area contributed by atoms with Crippen molar-refractivity contribution in [2.24, 2.45) is 11.8 Å². The molecule has 0 aromatic heterocycles. The van der Waals surface area contributed by atoms with Crippen molar-refractivity contribution < 1.29 is 14.3 Å². The van der Waals surface area contributed by atoms with Crippen molar-refractivity contribution in [1.29, 1.82) is 0 Å². The average molecular weight is 299 g/mol. The van der Waals surface area contributed by atoms with Crippen molar-refractivity contribution in [3.8, 4) is 11.5 Å². The van der Waals surface area contributed by atoms with Gasteiger partial charge in [-0.3, -0.25) is 4.79 Å². The minimum absolute atomic E-state index is 0.161. The van der Waals surface area contributed by atoms with Crippen LogP contribution in [0.3, 0.4) is 0 Å². The van der Waals surface area contributed by atoms with E-state index in [2.05, 4.69) is 29.2 Å². The van der Waals surface area contributed by atoms with E-state index in [1.807, 2.05) is 0 Å². The maximum absolute atomic E-state index is 12.7. The third-order valence-corrected chi connectivity index (χ3v) is 5.41. The van der Waals surface area contributed by atoms with E-state index in [0.717, 1.165) is 37.3 Å². The maximum atomic E-state index is 12.7. The number of benzene rings is 1. The Hall–Kier alpha value is -1.97. The molecule has 4 heteroatoms. The number of ether oxygens (including phenoxy) is 2. The topological polar surface area (TPSA) is 38.8 Å². The fraction of sp³-hybridized carbons (Fsp3) is 0.500. The Morgan fingerprint density at radius 1 is 1.09 bits per heavy atom. The summed E-state index contributed by atoms with van der Waals surface area (Å²) in [5.41, 5.74) is 2.54. The van der Waals surface area contributed by atoms with Crippen molar-refractivity contribution in [3.63, 3.8) is 0 Å². The summed E-state index contributed by atoms with van der Waals surface area (Å²) in [4.78, 5) is 14.8. The van der Waals surface area contributed by atoms with E-state index in [9.17, 15) is 4.79 Å². The van der Waals surface area contributed by atoms with Crippen LogP contribution in [0.25, 0.3) is 0 Å². The van der Waals surface area contributed by atoms with Crippen molar-refractivity contribution in [2.45, 2.75) is 25.3 Å². The molecule has 3 aliphatic rings. The van der Waals surface area contributed by atoms with Gasteiger partial charge in [0, 0.05) is 12.5 Å². The Morgan fingerprint density at radius 3 is 2.59 bits per heavy atom. The molecule has 4 rings (SSSR count). The molecule has 2 heterocycles. The predicted molar refractivity (Wildman–Crippen MR) is 83.1 cm³/mol. The Kier molecular flexibility index (Phi) is 3.13. The summed E-state index contributed by atoms with van der Waals surface area (Å²) in [7, 11) is 3.33. The normalized spacial score (nSPS) is 28.9. The van der Waals surface area contributed by atoms with Crippen LogP contribution in [-0.4, -0.2) is 31.6 Å². The minimum Gasteiger partial charge on any atom is -0.493 e. The number of amides is 1. The number of rotatable bonds is 2. The molecular formula is C18H21NO3. The summed E-state index contributed by atoms with van der Waals surface area (Å²) in [6.07, 6.45) is 7.16. The van der Waals surface area contributed by atoms with Gasteiger partial charge < -0.3 is 14.4 Å². The van der Waals surface area contributed by atoms with Crippen LogP contribution in [0, 0.1) is 11.8 Å². The third kappa shape index (κ3) is 1.79. The van der Waals surface area contributed by atoms with Gasteiger partial charge in [0.2, 0.25) is 5.91 Å². The van der Waals surface area contributed by atoms with Gasteiger partial charge in [0.15, 0.2) is 11.5 Å². The number of carbonyl (C=O) groups excluding carboxylic acids is 1. The smallest absolute Gasteiger partial charge is 0.226 e. The lowest BCUT2D eigenvalue weighted by molar-refractivity contribution is -0.132. The monoisotopic (exact) mass is 299 g/mol. The molecule has 116 valence electrons. The Bertz CT molecular complexity index is 652. The second-order valence-electron chi connectivity index (χ2n) is 6.35. The first-order chi connectivity index (χ1) is 10.7. The molecule has 1 fully saturated rings. The van der Waals surface area contributed by atoms with E-state index in [1.54, 1.807) is 14.2 Å². The van der Waals surface area contributed by atoms with Gasteiger partial charge in [0.05, 0.1) is 20.3 Å². The Labute approximate surface area is 130 Å². The van der Waals surface area contributed by atoms with Crippen molar-refractivity contribution in [1.82, 2.24) is 4.90 Å². The first-order valence-electron chi connectivity index (χ1n) is 7.95. The highest BCUT2D eigenvalue weighted by Gasteiger charge is 2.50. The molecule has 1 aromatic rings. The second kappa shape index (κ2) is 5.04. The lowest BCUT2D eigenvalue weighted by Gasteiger charge is -2.35. The van der Waals surface area contributed by atoms with Gasteiger partial charge in [-0.25, -0.2) is 0 Å². The zero-order chi connectivity index (χ0) is 15.3. The molecule has 3 atom stereocenters. The standard InChI is InChI=1S/C18H21NO3/c1-21-15-9-11-7-8-19-17(14(11)10-16(15)22-2)12-5-3-4-6-13(12)18(19)20/h3-4,9-10,12-13,17H,5-8H2,1-2H3/t12-,13-,17+/m0/s1. The number of fused-ring (bicyclic) bond motifs is 5. The Morgan fingerprint density at radius 2 is 1.82 bits per heavy atom. The molecule has 0 bridgehead atoms. The van der Waals surface area contributed by atoms with Gasteiger partial charge in [-0.15, -0.1) is 0 Å². The molecule has 22 heavy (non-hydrogen) atoms. The van der Waals surface area contributed by atoms with Gasteiger partial charge in [-0.2, -0.15) is 0 Å². The number of hydrogen-bond acceptors (Lipinski definition) is 3. The highest BCUT2D eigenvalue weighted by atomic mass is 16.5. The first-order valence-corrected chi connectivity index (χ1v) is 7.95. The quantitative estimate of drug-likeness (QED) is 0.788. The lowest BCUT2D eigenvalue weighted by Crippen LogP contribution is -2.35. The van der Waals surface area contributed by atoms with E-state index >= 15 is 0 Å². The molecule has 4 nitrogen and oxygen atoms in total. The average Bonchev–Trinajstić information content (AvgIpc) is 2.87. The molecule has 1 aromatic carbocycles. The van der Waals surface area contributed by atoms with Crippen LogP contribution in [-0.2, 0) is 11.2 Å². The van der Waals surface area contributed by atoms with E-state index in [1.165, 1.54) is 11.1 Å². The van der Waals surface area contributed by atoms with Crippen LogP contribution >= 0.6 is 0 Å². The molecule has 2 aliphatic heterocycles. The number of hydrogen-bond donors (Lipinski definition) is 0. The van der Waals surface area contributed by atoms with E-state index in [-0.39, 0.29) is 12.0 Å². The number of methoxy groups -OCH3 is 2. The fourth-order valence-electron chi connectivity index (χ4n) is 4.37. The van der Waals surface area contributed by atoms with E-state index in [0.29, 0.717) is 11.8 Å². The van der Waals surface area contributed by atoms with Crippen molar-refractivity contribution in [3.05, 3.63) is 35.4 Å². The van der Waals surface area contributed by atoms with Gasteiger partial charge >= 0.3 is 0 Å². The van der Waals surface area contributed by atoms with E-state index in [4.69, 9.17) is 9.47 Å².